The molecule has 3 aromatic rings. The predicted octanol–water partition coefficient (Wildman–Crippen LogP) is 5.96. The molecule has 26 heavy (non-hydrogen) atoms. The number of fused-ring (bicyclic) bond motifs is 1. The van der Waals surface area contributed by atoms with Crippen LogP contribution >= 0.6 is 23.2 Å². The van der Waals surface area contributed by atoms with Crippen LogP contribution in [0.5, 0.6) is 5.75 Å². The Morgan fingerprint density at radius 2 is 1.77 bits per heavy atom. The summed E-state index contributed by atoms with van der Waals surface area (Å²) in [5.74, 6) is 0.857. The van der Waals surface area contributed by atoms with Crippen molar-refractivity contribution in [1.82, 2.24) is 0 Å². The van der Waals surface area contributed by atoms with Crippen molar-refractivity contribution in [3.8, 4) is 5.75 Å². The topological polar surface area (TPSA) is 21.3 Å². The fourth-order valence-corrected chi connectivity index (χ4v) is 4.24. The van der Waals surface area contributed by atoms with Crippen LogP contribution in [0.4, 0.5) is 5.69 Å². The van der Waals surface area contributed by atoms with Gasteiger partial charge in [0, 0.05) is 27.7 Å². The van der Waals surface area contributed by atoms with E-state index in [0.29, 0.717) is 0 Å². The van der Waals surface area contributed by atoms with Crippen molar-refractivity contribution < 1.29 is 4.74 Å². The number of benzene rings is 3. The Morgan fingerprint density at radius 3 is 2.58 bits per heavy atom. The maximum absolute atomic E-state index is 6.24. The minimum Gasteiger partial charge on any atom is -0.497 e. The van der Waals surface area contributed by atoms with Crippen molar-refractivity contribution in [3.05, 3.63) is 93.5 Å². The summed E-state index contributed by atoms with van der Waals surface area (Å²) in [6.07, 6.45) is 0.836. The molecule has 1 aliphatic heterocycles. The molecule has 0 fully saturated rings. The molecule has 0 saturated heterocycles. The van der Waals surface area contributed by atoms with Gasteiger partial charge in [-0.25, -0.2) is 0 Å². The zero-order chi connectivity index (χ0) is 18.1. The van der Waals surface area contributed by atoms with Crippen LogP contribution in [0, 0.1) is 0 Å². The fourth-order valence-electron chi connectivity index (χ4n) is 3.85. The van der Waals surface area contributed by atoms with E-state index in [2.05, 4.69) is 29.6 Å². The van der Waals surface area contributed by atoms with Crippen LogP contribution in [0.3, 0.4) is 0 Å². The van der Waals surface area contributed by atoms with E-state index in [9.17, 15) is 0 Å². The second-order valence-corrected chi connectivity index (χ2v) is 7.54. The molecule has 1 N–H and O–H groups in total. The van der Waals surface area contributed by atoms with E-state index in [0.717, 1.165) is 34.4 Å². The van der Waals surface area contributed by atoms with E-state index in [-0.39, 0.29) is 5.41 Å². The van der Waals surface area contributed by atoms with Crippen LogP contribution in [-0.4, -0.2) is 13.7 Å². The highest BCUT2D eigenvalue weighted by molar-refractivity contribution is 6.31. The summed E-state index contributed by atoms with van der Waals surface area (Å²) in [5, 5.41) is 5.04. The second kappa shape index (κ2) is 6.86. The number of anilines is 1. The molecule has 2 nitrogen and oxygen atoms in total. The Balaban J connectivity index is 1.88. The SMILES string of the molecule is COc1cccc(C2(Cc3cccc(Cl)c3)CNc3cc(Cl)ccc32)c1. The van der Waals surface area contributed by atoms with Crippen LogP contribution in [0.25, 0.3) is 0 Å². The lowest BCUT2D eigenvalue weighted by Gasteiger charge is -2.31. The van der Waals surface area contributed by atoms with Crippen molar-refractivity contribution in [2.24, 2.45) is 0 Å². The number of methoxy groups -OCH3 is 1. The molecular weight excluding hydrogens is 365 g/mol. The smallest absolute Gasteiger partial charge is 0.119 e. The molecular formula is C22H19Cl2NO. The second-order valence-electron chi connectivity index (χ2n) is 6.66. The minimum atomic E-state index is -0.209. The third-order valence-corrected chi connectivity index (χ3v) is 5.57. The highest BCUT2D eigenvalue weighted by Gasteiger charge is 2.41. The van der Waals surface area contributed by atoms with E-state index in [1.165, 1.54) is 16.7 Å². The summed E-state index contributed by atoms with van der Waals surface area (Å²) in [6, 6.07) is 22.5. The van der Waals surface area contributed by atoms with Crippen LogP contribution in [0.1, 0.15) is 16.7 Å². The Labute approximate surface area is 163 Å². The highest BCUT2D eigenvalue weighted by atomic mass is 35.5. The molecule has 1 heterocycles. The van der Waals surface area contributed by atoms with Crippen LogP contribution in [0.15, 0.2) is 66.7 Å². The maximum atomic E-state index is 6.24. The number of rotatable bonds is 4. The van der Waals surface area contributed by atoms with Gasteiger partial charge in [-0.05, 0) is 59.5 Å². The minimum absolute atomic E-state index is 0.209. The first-order chi connectivity index (χ1) is 12.6. The molecule has 1 atom stereocenters. The van der Waals surface area contributed by atoms with Gasteiger partial charge < -0.3 is 10.1 Å². The lowest BCUT2D eigenvalue weighted by Crippen LogP contribution is -2.32. The van der Waals surface area contributed by atoms with Gasteiger partial charge in [0.1, 0.15) is 5.75 Å². The standard InChI is InChI=1S/C22H19Cl2NO/c1-26-19-7-3-5-16(11-19)22(13-15-4-2-6-17(23)10-15)14-25-21-12-18(24)8-9-20(21)22/h2-12,25H,13-14H2,1H3. The lowest BCUT2D eigenvalue weighted by atomic mass is 9.72. The molecule has 0 aromatic heterocycles. The van der Waals surface area contributed by atoms with E-state index in [1.54, 1.807) is 7.11 Å². The van der Waals surface area contributed by atoms with E-state index >= 15 is 0 Å². The first-order valence-electron chi connectivity index (χ1n) is 8.54. The Hall–Kier alpha value is -2.16. The van der Waals surface area contributed by atoms with Crippen LogP contribution < -0.4 is 10.1 Å². The van der Waals surface area contributed by atoms with Crippen LogP contribution in [-0.2, 0) is 11.8 Å². The quantitative estimate of drug-likeness (QED) is 0.600. The van der Waals surface area contributed by atoms with Gasteiger partial charge in [0.25, 0.3) is 0 Å². The van der Waals surface area contributed by atoms with Gasteiger partial charge in [-0.3, -0.25) is 0 Å². The van der Waals surface area contributed by atoms with Crippen molar-refractivity contribution in [3.63, 3.8) is 0 Å². The summed E-state index contributed by atoms with van der Waals surface area (Å²) in [4.78, 5) is 0. The van der Waals surface area contributed by atoms with Gasteiger partial charge in [0.2, 0.25) is 0 Å². The van der Waals surface area contributed by atoms with Crippen molar-refractivity contribution >= 4 is 28.9 Å². The molecule has 0 amide bonds. The fraction of sp³-hybridized carbons (Fsp3) is 0.182. The summed E-state index contributed by atoms with van der Waals surface area (Å²) < 4.78 is 5.47. The van der Waals surface area contributed by atoms with Gasteiger partial charge >= 0.3 is 0 Å². The summed E-state index contributed by atoms with van der Waals surface area (Å²) in [7, 11) is 1.70. The molecule has 1 aliphatic rings. The van der Waals surface area contributed by atoms with Gasteiger partial charge in [-0.2, -0.15) is 0 Å². The van der Waals surface area contributed by atoms with Gasteiger partial charge in [0.05, 0.1) is 7.11 Å². The van der Waals surface area contributed by atoms with Crippen molar-refractivity contribution in [2.75, 3.05) is 19.0 Å². The summed E-state index contributed by atoms with van der Waals surface area (Å²) in [6.45, 7) is 0.794. The summed E-state index contributed by atoms with van der Waals surface area (Å²) >= 11 is 12.5. The normalized spacial score (nSPS) is 18.3. The number of ether oxygens (including phenoxy) is 1. The molecule has 0 aliphatic carbocycles. The molecule has 4 heteroatoms. The molecule has 0 spiro atoms. The van der Waals surface area contributed by atoms with E-state index in [4.69, 9.17) is 27.9 Å². The predicted molar refractivity (Wildman–Crippen MR) is 109 cm³/mol. The average Bonchev–Trinajstić information content (AvgIpc) is 3.00. The van der Waals surface area contributed by atoms with Gasteiger partial charge in [0.15, 0.2) is 0 Å². The Bertz CT molecular complexity index is 956. The van der Waals surface area contributed by atoms with Gasteiger partial charge in [-0.15, -0.1) is 0 Å². The number of halogens is 2. The van der Waals surface area contributed by atoms with Crippen LogP contribution in [0.2, 0.25) is 10.0 Å². The number of hydrogen-bond acceptors (Lipinski definition) is 2. The first-order valence-corrected chi connectivity index (χ1v) is 9.29. The average molecular weight is 384 g/mol. The Kier molecular flexibility index (Phi) is 4.56. The largest absolute Gasteiger partial charge is 0.497 e. The molecule has 4 rings (SSSR count). The maximum Gasteiger partial charge on any atom is 0.119 e. The molecule has 0 bridgehead atoms. The summed E-state index contributed by atoms with van der Waals surface area (Å²) in [5.41, 5.74) is 4.53. The van der Waals surface area contributed by atoms with E-state index in [1.807, 2.05) is 42.5 Å². The number of hydrogen-bond donors (Lipinski definition) is 1. The van der Waals surface area contributed by atoms with Crippen molar-refractivity contribution in [2.45, 2.75) is 11.8 Å². The molecule has 0 saturated carbocycles. The third kappa shape index (κ3) is 3.04. The first kappa shape index (κ1) is 17.3. The molecule has 0 radical (unpaired) electrons. The third-order valence-electron chi connectivity index (χ3n) is 5.10. The zero-order valence-electron chi connectivity index (χ0n) is 14.4. The number of nitrogens with one attached hydrogen (secondary N) is 1. The van der Waals surface area contributed by atoms with Crippen molar-refractivity contribution in [1.29, 1.82) is 0 Å². The molecule has 132 valence electrons. The monoisotopic (exact) mass is 383 g/mol. The molecule has 1 unspecified atom stereocenters. The zero-order valence-corrected chi connectivity index (χ0v) is 15.9. The van der Waals surface area contributed by atoms with Gasteiger partial charge in [-0.1, -0.05) is 53.5 Å². The Morgan fingerprint density at radius 1 is 0.962 bits per heavy atom. The molecule has 3 aromatic carbocycles. The highest BCUT2D eigenvalue weighted by Crippen LogP contribution is 2.45. The van der Waals surface area contributed by atoms with E-state index < -0.39 is 0 Å². The lowest BCUT2D eigenvalue weighted by molar-refractivity contribution is 0.412.